The second-order valence-electron chi connectivity index (χ2n) is 4.19. The summed E-state index contributed by atoms with van der Waals surface area (Å²) in [5.74, 6) is -0.477. The number of aromatic carboxylic acids is 1. The molecule has 1 N–H and O–H groups in total. The van der Waals surface area contributed by atoms with E-state index in [2.05, 4.69) is 0 Å². The number of rotatable bonds is 4. The van der Waals surface area contributed by atoms with Crippen LogP contribution in [-0.2, 0) is 5.75 Å². The number of thioether (sulfide) groups is 1. The van der Waals surface area contributed by atoms with Crippen molar-refractivity contribution < 1.29 is 14.3 Å². The van der Waals surface area contributed by atoms with Gasteiger partial charge in [-0.15, -0.1) is 11.8 Å². The number of aryl methyl sites for hydroxylation is 1. The molecule has 0 fully saturated rings. The van der Waals surface area contributed by atoms with Gasteiger partial charge in [-0.05, 0) is 48.4 Å². The van der Waals surface area contributed by atoms with Crippen LogP contribution in [0.5, 0.6) is 0 Å². The lowest BCUT2D eigenvalue weighted by Crippen LogP contribution is -1.95. The Morgan fingerprint density at radius 2 is 2.05 bits per heavy atom. The van der Waals surface area contributed by atoms with Crippen molar-refractivity contribution in [3.63, 3.8) is 0 Å². The molecule has 98 valence electrons. The molecule has 2 aromatic rings. The molecule has 0 saturated heterocycles. The average Bonchev–Trinajstić information content (AvgIpc) is 2.38. The second kappa shape index (κ2) is 5.89. The fourth-order valence-electron chi connectivity index (χ4n) is 1.70. The number of hydrogen-bond acceptors (Lipinski definition) is 2. The monoisotopic (exact) mass is 276 g/mol. The van der Waals surface area contributed by atoms with Crippen LogP contribution in [0.2, 0.25) is 0 Å². The van der Waals surface area contributed by atoms with E-state index in [4.69, 9.17) is 5.11 Å². The molecule has 0 aliphatic carbocycles. The summed E-state index contributed by atoms with van der Waals surface area (Å²) >= 11 is 1.54. The van der Waals surface area contributed by atoms with Gasteiger partial charge in [0.25, 0.3) is 0 Å². The third-order valence-electron chi connectivity index (χ3n) is 2.78. The zero-order valence-corrected chi connectivity index (χ0v) is 11.2. The van der Waals surface area contributed by atoms with E-state index in [1.54, 1.807) is 24.3 Å². The molecule has 0 aliphatic rings. The zero-order chi connectivity index (χ0) is 13.8. The highest BCUT2D eigenvalue weighted by atomic mass is 32.2. The standard InChI is InChI=1S/C15H13FO2S/c1-10-7-13(16)6-5-12(10)9-19-14-4-2-3-11(8-14)15(17)18/h2-8H,9H2,1H3,(H,17,18). The van der Waals surface area contributed by atoms with Gasteiger partial charge in [-0.25, -0.2) is 9.18 Å². The molecule has 19 heavy (non-hydrogen) atoms. The van der Waals surface area contributed by atoms with Crippen molar-refractivity contribution in [3.8, 4) is 0 Å². The van der Waals surface area contributed by atoms with Gasteiger partial charge in [-0.1, -0.05) is 12.1 Å². The molecule has 2 nitrogen and oxygen atoms in total. The van der Waals surface area contributed by atoms with Crippen molar-refractivity contribution in [2.24, 2.45) is 0 Å². The van der Waals surface area contributed by atoms with Gasteiger partial charge in [-0.3, -0.25) is 0 Å². The lowest BCUT2D eigenvalue weighted by molar-refractivity contribution is 0.0696. The molecular weight excluding hydrogens is 263 g/mol. The molecular formula is C15H13FO2S. The molecule has 2 aromatic carbocycles. The molecule has 0 unspecified atom stereocenters. The number of hydrogen-bond donors (Lipinski definition) is 1. The predicted molar refractivity (Wildman–Crippen MR) is 74.1 cm³/mol. The van der Waals surface area contributed by atoms with Crippen LogP contribution >= 0.6 is 11.8 Å². The van der Waals surface area contributed by atoms with Crippen LogP contribution in [0.4, 0.5) is 4.39 Å². The van der Waals surface area contributed by atoms with E-state index in [9.17, 15) is 9.18 Å². The highest BCUT2D eigenvalue weighted by molar-refractivity contribution is 7.98. The Bertz CT molecular complexity index is 611. The zero-order valence-electron chi connectivity index (χ0n) is 10.4. The Morgan fingerprint density at radius 1 is 1.26 bits per heavy atom. The van der Waals surface area contributed by atoms with Crippen LogP contribution in [0, 0.1) is 12.7 Å². The number of carboxylic acids is 1. The van der Waals surface area contributed by atoms with Gasteiger partial charge in [0, 0.05) is 10.6 Å². The summed E-state index contributed by atoms with van der Waals surface area (Å²) in [4.78, 5) is 11.8. The maximum Gasteiger partial charge on any atom is 0.335 e. The van der Waals surface area contributed by atoms with Gasteiger partial charge < -0.3 is 5.11 Å². The third kappa shape index (κ3) is 3.58. The maximum absolute atomic E-state index is 13.0. The van der Waals surface area contributed by atoms with Crippen LogP contribution < -0.4 is 0 Å². The Hall–Kier alpha value is -1.81. The van der Waals surface area contributed by atoms with Crippen LogP contribution in [0.25, 0.3) is 0 Å². The summed E-state index contributed by atoms with van der Waals surface area (Å²) in [7, 11) is 0. The lowest BCUT2D eigenvalue weighted by atomic mass is 10.1. The minimum absolute atomic E-state index is 0.237. The van der Waals surface area contributed by atoms with E-state index in [0.717, 1.165) is 16.0 Å². The Kier molecular flexibility index (Phi) is 4.22. The fourth-order valence-corrected chi connectivity index (χ4v) is 2.73. The van der Waals surface area contributed by atoms with E-state index in [-0.39, 0.29) is 11.4 Å². The summed E-state index contributed by atoms with van der Waals surface area (Å²) in [6, 6.07) is 11.5. The number of benzene rings is 2. The minimum atomic E-state index is -0.930. The van der Waals surface area contributed by atoms with Crippen molar-refractivity contribution in [3.05, 3.63) is 65.0 Å². The first-order valence-electron chi connectivity index (χ1n) is 5.77. The quantitative estimate of drug-likeness (QED) is 0.853. The van der Waals surface area contributed by atoms with Crippen LogP contribution in [0.1, 0.15) is 21.5 Å². The largest absolute Gasteiger partial charge is 0.478 e. The summed E-state index contributed by atoms with van der Waals surface area (Å²) in [6.45, 7) is 1.87. The summed E-state index contributed by atoms with van der Waals surface area (Å²) in [6.07, 6.45) is 0. The molecule has 0 spiro atoms. The van der Waals surface area contributed by atoms with Crippen LogP contribution in [-0.4, -0.2) is 11.1 Å². The van der Waals surface area contributed by atoms with Gasteiger partial charge >= 0.3 is 5.97 Å². The number of carboxylic acid groups (broad SMARTS) is 1. The molecule has 0 radical (unpaired) electrons. The highest BCUT2D eigenvalue weighted by Crippen LogP contribution is 2.25. The predicted octanol–water partition coefficient (Wildman–Crippen LogP) is 4.12. The number of carbonyl (C=O) groups is 1. The lowest BCUT2D eigenvalue weighted by Gasteiger charge is -2.06. The van der Waals surface area contributed by atoms with Gasteiger partial charge in [-0.2, -0.15) is 0 Å². The first-order valence-corrected chi connectivity index (χ1v) is 6.76. The molecule has 0 aliphatic heterocycles. The Morgan fingerprint density at radius 3 is 2.74 bits per heavy atom. The minimum Gasteiger partial charge on any atom is -0.478 e. The van der Waals surface area contributed by atoms with Crippen LogP contribution in [0.3, 0.4) is 0 Å². The Labute approximate surface area is 115 Å². The molecule has 0 amide bonds. The van der Waals surface area contributed by atoms with Gasteiger partial charge in [0.1, 0.15) is 5.82 Å². The molecule has 0 saturated carbocycles. The van der Waals surface area contributed by atoms with E-state index in [0.29, 0.717) is 5.75 Å². The van der Waals surface area contributed by atoms with Crippen molar-refractivity contribution in [1.82, 2.24) is 0 Å². The normalized spacial score (nSPS) is 10.4. The first kappa shape index (κ1) is 13.6. The van der Waals surface area contributed by atoms with Crippen molar-refractivity contribution >= 4 is 17.7 Å². The van der Waals surface area contributed by atoms with E-state index >= 15 is 0 Å². The van der Waals surface area contributed by atoms with Crippen molar-refractivity contribution in [2.45, 2.75) is 17.6 Å². The summed E-state index contributed by atoms with van der Waals surface area (Å²) in [5, 5.41) is 8.92. The molecule has 0 aromatic heterocycles. The van der Waals surface area contributed by atoms with Gasteiger partial charge in [0.15, 0.2) is 0 Å². The van der Waals surface area contributed by atoms with Gasteiger partial charge in [0.2, 0.25) is 0 Å². The SMILES string of the molecule is Cc1cc(F)ccc1CSc1cccc(C(=O)O)c1. The van der Waals surface area contributed by atoms with E-state index in [1.165, 1.54) is 23.9 Å². The van der Waals surface area contributed by atoms with E-state index in [1.807, 2.05) is 13.0 Å². The topological polar surface area (TPSA) is 37.3 Å². The summed E-state index contributed by atoms with van der Waals surface area (Å²) < 4.78 is 13.0. The fraction of sp³-hybridized carbons (Fsp3) is 0.133. The van der Waals surface area contributed by atoms with Crippen LogP contribution in [0.15, 0.2) is 47.4 Å². The van der Waals surface area contributed by atoms with Crippen molar-refractivity contribution in [2.75, 3.05) is 0 Å². The number of halogens is 1. The first-order chi connectivity index (χ1) is 9.06. The molecule has 0 bridgehead atoms. The molecule has 0 atom stereocenters. The molecule has 2 rings (SSSR count). The smallest absolute Gasteiger partial charge is 0.335 e. The van der Waals surface area contributed by atoms with E-state index < -0.39 is 5.97 Å². The highest BCUT2D eigenvalue weighted by Gasteiger charge is 2.05. The molecule has 0 heterocycles. The maximum atomic E-state index is 13.0. The second-order valence-corrected chi connectivity index (χ2v) is 5.24. The molecule has 4 heteroatoms. The Balaban J connectivity index is 2.10. The third-order valence-corrected chi connectivity index (χ3v) is 3.82. The average molecular weight is 276 g/mol. The van der Waals surface area contributed by atoms with Crippen molar-refractivity contribution in [1.29, 1.82) is 0 Å². The van der Waals surface area contributed by atoms with Gasteiger partial charge in [0.05, 0.1) is 5.56 Å². The summed E-state index contributed by atoms with van der Waals surface area (Å²) in [5.41, 5.74) is 2.23.